The quantitative estimate of drug-likeness (QED) is 0.827. The standard InChI is InChI=1S/C12H12N2O3/c1-7-3-4-8(5-11(7)15)9-6-10(12(16)17)14(2)13-9/h3-6,15H,1-2H3,(H,16,17). The molecule has 0 radical (unpaired) electrons. The molecule has 0 unspecified atom stereocenters. The molecule has 0 aliphatic heterocycles. The van der Waals surface area contributed by atoms with Crippen molar-refractivity contribution in [2.24, 2.45) is 7.05 Å². The van der Waals surface area contributed by atoms with E-state index in [-0.39, 0.29) is 11.4 Å². The molecule has 0 bridgehead atoms. The largest absolute Gasteiger partial charge is 0.508 e. The molecule has 0 aliphatic carbocycles. The third-order valence-electron chi connectivity index (χ3n) is 2.60. The highest BCUT2D eigenvalue weighted by Crippen LogP contribution is 2.25. The van der Waals surface area contributed by atoms with Crippen LogP contribution in [0.25, 0.3) is 11.3 Å². The molecule has 1 aromatic heterocycles. The summed E-state index contributed by atoms with van der Waals surface area (Å²) in [4.78, 5) is 10.9. The normalized spacial score (nSPS) is 10.5. The summed E-state index contributed by atoms with van der Waals surface area (Å²) in [6, 6.07) is 6.61. The molecule has 2 aromatic rings. The van der Waals surface area contributed by atoms with Crippen LogP contribution in [0.4, 0.5) is 0 Å². The van der Waals surface area contributed by atoms with Gasteiger partial charge >= 0.3 is 5.97 Å². The summed E-state index contributed by atoms with van der Waals surface area (Å²) in [6.07, 6.45) is 0. The minimum atomic E-state index is -1.03. The number of aromatic hydroxyl groups is 1. The molecule has 0 amide bonds. The lowest BCUT2D eigenvalue weighted by Crippen LogP contribution is -2.04. The predicted octanol–water partition coefficient (Wildman–Crippen LogP) is 1.80. The molecule has 5 heteroatoms. The average molecular weight is 232 g/mol. The molecule has 17 heavy (non-hydrogen) atoms. The van der Waals surface area contributed by atoms with Crippen LogP contribution in [0.15, 0.2) is 24.3 Å². The summed E-state index contributed by atoms with van der Waals surface area (Å²) in [6.45, 7) is 1.79. The van der Waals surface area contributed by atoms with Crippen molar-refractivity contribution in [2.75, 3.05) is 0 Å². The Morgan fingerprint density at radius 1 is 1.35 bits per heavy atom. The van der Waals surface area contributed by atoms with Crippen LogP contribution < -0.4 is 0 Å². The molecule has 2 rings (SSSR count). The molecule has 1 aromatic carbocycles. The highest BCUT2D eigenvalue weighted by molar-refractivity contribution is 5.87. The fraction of sp³-hybridized carbons (Fsp3) is 0.167. The van der Waals surface area contributed by atoms with Gasteiger partial charge in [0.1, 0.15) is 11.4 Å². The van der Waals surface area contributed by atoms with E-state index in [1.807, 2.05) is 0 Å². The number of hydrogen-bond acceptors (Lipinski definition) is 3. The first-order valence-electron chi connectivity index (χ1n) is 5.06. The Morgan fingerprint density at radius 2 is 2.06 bits per heavy atom. The predicted molar refractivity (Wildman–Crippen MR) is 62.0 cm³/mol. The maximum atomic E-state index is 10.9. The number of carboxylic acid groups (broad SMARTS) is 1. The Bertz CT molecular complexity index is 587. The van der Waals surface area contributed by atoms with E-state index in [1.165, 1.54) is 10.7 Å². The van der Waals surface area contributed by atoms with Crippen LogP contribution in [-0.4, -0.2) is 26.0 Å². The van der Waals surface area contributed by atoms with Crippen molar-refractivity contribution in [1.29, 1.82) is 0 Å². The van der Waals surface area contributed by atoms with Gasteiger partial charge in [0.2, 0.25) is 0 Å². The van der Waals surface area contributed by atoms with Gasteiger partial charge in [-0.15, -0.1) is 0 Å². The summed E-state index contributed by atoms with van der Waals surface area (Å²) in [7, 11) is 1.57. The van der Waals surface area contributed by atoms with Crippen LogP contribution in [0.3, 0.4) is 0 Å². The smallest absolute Gasteiger partial charge is 0.354 e. The van der Waals surface area contributed by atoms with Gasteiger partial charge in [-0.3, -0.25) is 4.68 Å². The van der Waals surface area contributed by atoms with Crippen LogP contribution in [0.1, 0.15) is 16.1 Å². The number of carbonyl (C=O) groups is 1. The topological polar surface area (TPSA) is 75.3 Å². The zero-order chi connectivity index (χ0) is 12.6. The van der Waals surface area contributed by atoms with Crippen LogP contribution in [0.5, 0.6) is 5.75 Å². The molecule has 0 aliphatic rings. The van der Waals surface area contributed by atoms with E-state index in [0.29, 0.717) is 11.3 Å². The monoisotopic (exact) mass is 232 g/mol. The minimum Gasteiger partial charge on any atom is -0.508 e. The number of hydrogen-bond donors (Lipinski definition) is 2. The SMILES string of the molecule is Cc1ccc(-c2cc(C(=O)O)n(C)n2)cc1O. The van der Waals surface area contributed by atoms with Crippen LogP contribution in [-0.2, 0) is 7.05 Å². The third-order valence-corrected chi connectivity index (χ3v) is 2.60. The minimum absolute atomic E-state index is 0.111. The molecular weight excluding hydrogens is 220 g/mol. The Morgan fingerprint density at radius 3 is 2.59 bits per heavy atom. The number of benzene rings is 1. The summed E-state index contributed by atoms with van der Waals surface area (Å²) in [5.74, 6) is -0.854. The zero-order valence-corrected chi connectivity index (χ0v) is 9.51. The Labute approximate surface area is 97.9 Å². The van der Waals surface area contributed by atoms with Gasteiger partial charge in [-0.2, -0.15) is 5.10 Å². The lowest BCUT2D eigenvalue weighted by Gasteiger charge is -2.00. The number of aromatic carboxylic acids is 1. The maximum Gasteiger partial charge on any atom is 0.354 e. The molecule has 1 heterocycles. The first kappa shape index (κ1) is 11.2. The van der Waals surface area contributed by atoms with E-state index in [0.717, 1.165) is 5.56 Å². The molecule has 0 saturated heterocycles. The number of nitrogens with zero attached hydrogens (tertiary/aromatic N) is 2. The van der Waals surface area contributed by atoms with E-state index in [4.69, 9.17) is 5.11 Å². The lowest BCUT2D eigenvalue weighted by molar-refractivity contribution is 0.0685. The second-order valence-corrected chi connectivity index (χ2v) is 3.84. The molecule has 0 saturated carbocycles. The van der Waals surface area contributed by atoms with Crippen LogP contribution in [0.2, 0.25) is 0 Å². The molecule has 0 spiro atoms. The Balaban J connectivity index is 2.50. The third kappa shape index (κ3) is 1.99. The van der Waals surface area contributed by atoms with Gasteiger partial charge in [0, 0.05) is 12.6 Å². The van der Waals surface area contributed by atoms with E-state index in [2.05, 4.69) is 5.10 Å². The first-order valence-corrected chi connectivity index (χ1v) is 5.06. The lowest BCUT2D eigenvalue weighted by atomic mass is 10.1. The van der Waals surface area contributed by atoms with Gasteiger partial charge in [0.25, 0.3) is 0 Å². The van der Waals surface area contributed by atoms with Crippen molar-refractivity contribution >= 4 is 5.97 Å². The van der Waals surface area contributed by atoms with Crippen molar-refractivity contribution in [2.45, 2.75) is 6.92 Å². The van der Waals surface area contributed by atoms with Gasteiger partial charge in [0.05, 0.1) is 5.69 Å². The van der Waals surface area contributed by atoms with Crippen molar-refractivity contribution in [3.8, 4) is 17.0 Å². The summed E-state index contributed by atoms with van der Waals surface area (Å²) in [5, 5.41) is 22.6. The highest BCUT2D eigenvalue weighted by Gasteiger charge is 2.13. The molecule has 0 fully saturated rings. The summed E-state index contributed by atoms with van der Waals surface area (Å²) >= 11 is 0. The van der Waals surface area contributed by atoms with Crippen LogP contribution >= 0.6 is 0 Å². The summed E-state index contributed by atoms with van der Waals surface area (Å²) < 4.78 is 1.30. The number of rotatable bonds is 2. The maximum absolute atomic E-state index is 10.9. The van der Waals surface area contributed by atoms with Crippen molar-refractivity contribution < 1.29 is 15.0 Å². The summed E-state index contributed by atoms with van der Waals surface area (Å²) in [5.41, 5.74) is 2.10. The Hall–Kier alpha value is -2.30. The molecule has 2 N–H and O–H groups in total. The van der Waals surface area contributed by atoms with E-state index in [9.17, 15) is 9.90 Å². The van der Waals surface area contributed by atoms with Gasteiger partial charge in [-0.1, -0.05) is 12.1 Å². The number of phenolic OH excluding ortho intramolecular Hbond substituents is 1. The number of carboxylic acids is 1. The van der Waals surface area contributed by atoms with E-state index >= 15 is 0 Å². The van der Waals surface area contributed by atoms with Crippen molar-refractivity contribution in [3.63, 3.8) is 0 Å². The fourth-order valence-electron chi connectivity index (χ4n) is 1.58. The molecule has 88 valence electrons. The van der Waals surface area contributed by atoms with Gasteiger partial charge in [-0.25, -0.2) is 4.79 Å². The zero-order valence-electron chi connectivity index (χ0n) is 9.51. The van der Waals surface area contributed by atoms with Gasteiger partial charge in [-0.05, 0) is 24.6 Å². The molecular formula is C12H12N2O3. The van der Waals surface area contributed by atoms with E-state index in [1.54, 1.807) is 32.2 Å². The average Bonchev–Trinajstić information content (AvgIpc) is 2.64. The van der Waals surface area contributed by atoms with Gasteiger partial charge < -0.3 is 10.2 Å². The second-order valence-electron chi connectivity index (χ2n) is 3.84. The van der Waals surface area contributed by atoms with Crippen molar-refractivity contribution in [1.82, 2.24) is 9.78 Å². The first-order chi connectivity index (χ1) is 7.99. The Kier molecular flexibility index (Phi) is 2.59. The number of aromatic nitrogens is 2. The number of aryl methyl sites for hydroxylation is 2. The van der Waals surface area contributed by atoms with Crippen molar-refractivity contribution in [3.05, 3.63) is 35.5 Å². The van der Waals surface area contributed by atoms with E-state index < -0.39 is 5.97 Å². The number of phenols is 1. The fourth-order valence-corrected chi connectivity index (χ4v) is 1.58. The highest BCUT2D eigenvalue weighted by atomic mass is 16.4. The molecule has 0 atom stereocenters. The van der Waals surface area contributed by atoms with Crippen LogP contribution in [0, 0.1) is 6.92 Å². The second kappa shape index (κ2) is 3.93. The van der Waals surface area contributed by atoms with Gasteiger partial charge in [0.15, 0.2) is 0 Å². The molecule has 5 nitrogen and oxygen atoms in total.